The molecule has 0 aliphatic heterocycles. The van der Waals surface area contributed by atoms with Gasteiger partial charge in [-0.3, -0.25) is 0 Å². The average Bonchev–Trinajstić information content (AvgIpc) is 4.00. The molecule has 0 fully saturated rings. The van der Waals surface area contributed by atoms with Crippen LogP contribution in [0.2, 0.25) is 0 Å². The lowest BCUT2D eigenvalue weighted by Crippen LogP contribution is -2.06. The van der Waals surface area contributed by atoms with Gasteiger partial charge in [-0.2, -0.15) is 26.3 Å². The van der Waals surface area contributed by atoms with E-state index >= 15 is 4.39 Å². The number of nitrogens with zero attached hydrogens (tertiary/aromatic N) is 8. The molecule has 0 aliphatic carbocycles. The van der Waals surface area contributed by atoms with Crippen LogP contribution < -0.4 is 0 Å². The molecule has 0 bridgehead atoms. The zero-order valence-corrected chi connectivity index (χ0v) is 39.5. The number of fused-ring (bicyclic) bond motifs is 6. The van der Waals surface area contributed by atoms with Gasteiger partial charge in [0, 0.05) is 32.7 Å². The number of benzene rings is 10. The second-order valence-corrected chi connectivity index (χ2v) is 18.1. The van der Waals surface area contributed by atoms with Crippen molar-refractivity contribution in [2.75, 3.05) is 0 Å². The van der Waals surface area contributed by atoms with Crippen LogP contribution in [0.3, 0.4) is 0 Å². The lowest BCUT2D eigenvalue weighted by atomic mass is 9.96. The van der Waals surface area contributed by atoms with Crippen LogP contribution in [0.4, 0.5) is 10.1 Å². The topological polar surface area (TPSA) is 133 Å². The van der Waals surface area contributed by atoms with Crippen LogP contribution >= 0.6 is 0 Å². The van der Waals surface area contributed by atoms with E-state index in [9.17, 15) is 26.3 Å². The third-order valence-corrected chi connectivity index (χ3v) is 13.9. The Hall–Kier alpha value is -11.3. The Morgan fingerprint density at radius 3 is 1.05 bits per heavy atom. The highest BCUT2D eigenvalue weighted by Crippen LogP contribution is 2.46. The number of nitriles is 5. The summed E-state index contributed by atoms with van der Waals surface area (Å²) in [6.07, 6.45) is 0. The van der Waals surface area contributed by atoms with E-state index in [0.717, 1.165) is 88.1 Å². The third-order valence-electron chi connectivity index (χ3n) is 13.9. The molecule has 2 heterocycles. The highest BCUT2D eigenvalue weighted by molar-refractivity contribution is 6.14. The van der Waals surface area contributed by atoms with Gasteiger partial charge >= 0.3 is 0 Å². The molecule has 0 aliphatic rings. The Labute approximate surface area is 429 Å². The summed E-state index contributed by atoms with van der Waals surface area (Å²) in [4.78, 5) is 3.69. The molecule has 0 N–H and O–H groups in total. The maximum Gasteiger partial charge on any atom is 0.187 e. The van der Waals surface area contributed by atoms with Crippen molar-refractivity contribution in [2.45, 2.75) is 0 Å². The number of hydrogen-bond acceptors (Lipinski definition) is 5. The van der Waals surface area contributed by atoms with Crippen molar-refractivity contribution in [3.05, 3.63) is 245 Å². The molecular formula is C66H33FN8. The first-order valence-electron chi connectivity index (χ1n) is 23.7. The fraction of sp³-hybridized carbons (Fsp3) is 0. The zero-order chi connectivity index (χ0) is 51.3. The summed E-state index contributed by atoms with van der Waals surface area (Å²) in [6, 6.07) is 73.3. The molecule has 0 spiro atoms. The highest BCUT2D eigenvalue weighted by Gasteiger charge is 2.26. The van der Waals surface area contributed by atoms with Gasteiger partial charge in [-0.15, -0.1) is 0 Å². The second-order valence-electron chi connectivity index (χ2n) is 18.1. The van der Waals surface area contributed by atoms with Crippen molar-refractivity contribution in [2.24, 2.45) is 0 Å². The van der Waals surface area contributed by atoms with Gasteiger partial charge in [0.25, 0.3) is 0 Å². The standard InChI is InChI=1S/C66H33FN8/c1-73-53-13-5-12-48(30-53)52-18-23-63-58(34-52)57-33-51(47-11-4-8-42(26-47)37-70)17-22-62(57)75(63)65-29-44(39-72)28-64(66(65)54-19-14-43(38-71)27-59(54)67)74-60-20-15-49(45-9-2-6-40(24-45)35-68)31-55(60)56-32-50(16-21-61(56)74)46-10-3-7-41(25-46)36-69/h2-34H. The third kappa shape index (κ3) is 7.65. The first kappa shape index (κ1) is 44.8. The van der Waals surface area contributed by atoms with E-state index in [4.69, 9.17) is 6.57 Å². The smallest absolute Gasteiger partial charge is 0.187 e. The summed E-state index contributed by atoms with van der Waals surface area (Å²) in [5, 5.41) is 54.0. The predicted octanol–water partition coefficient (Wildman–Crippen LogP) is 16.3. The van der Waals surface area contributed by atoms with Gasteiger partial charge in [-0.05, 0) is 166 Å². The van der Waals surface area contributed by atoms with E-state index < -0.39 is 5.82 Å². The van der Waals surface area contributed by atoms with Crippen LogP contribution in [0.5, 0.6) is 0 Å². The Balaban J connectivity index is 1.20. The molecule has 75 heavy (non-hydrogen) atoms. The second kappa shape index (κ2) is 18.1. The zero-order valence-electron chi connectivity index (χ0n) is 39.5. The van der Waals surface area contributed by atoms with Gasteiger partial charge in [-0.25, -0.2) is 9.24 Å². The molecule has 12 rings (SSSR count). The lowest BCUT2D eigenvalue weighted by Gasteiger charge is -2.21. The van der Waals surface area contributed by atoms with Gasteiger partial charge in [0.1, 0.15) is 5.82 Å². The average molecular weight is 957 g/mol. The molecule has 0 amide bonds. The summed E-state index contributed by atoms with van der Waals surface area (Å²) in [5.74, 6) is -0.635. The van der Waals surface area contributed by atoms with Crippen LogP contribution in [0.15, 0.2) is 200 Å². The Kier molecular flexibility index (Phi) is 10.8. The van der Waals surface area contributed by atoms with Crippen molar-refractivity contribution in [1.29, 1.82) is 26.3 Å². The number of halogens is 1. The normalized spacial score (nSPS) is 10.9. The summed E-state index contributed by atoms with van der Waals surface area (Å²) in [7, 11) is 0. The molecule has 0 atom stereocenters. The summed E-state index contributed by atoms with van der Waals surface area (Å²) >= 11 is 0. The number of aromatic nitrogens is 2. The van der Waals surface area contributed by atoms with Gasteiger partial charge in [0.05, 0.1) is 98.2 Å². The first-order valence-corrected chi connectivity index (χ1v) is 23.7. The van der Waals surface area contributed by atoms with Crippen LogP contribution in [-0.4, -0.2) is 9.13 Å². The first-order chi connectivity index (χ1) is 36.8. The molecule has 0 unspecified atom stereocenters. The number of rotatable bonds is 7. The largest absolute Gasteiger partial charge is 0.308 e. The molecule has 0 radical (unpaired) electrons. The molecular weight excluding hydrogens is 924 g/mol. The maximum absolute atomic E-state index is 17.3. The Morgan fingerprint density at radius 1 is 0.347 bits per heavy atom. The summed E-state index contributed by atoms with van der Waals surface area (Å²) in [5.41, 5.74) is 14.0. The molecule has 0 saturated heterocycles. The quantitative estimate of drug-likeness (QED) is 0.147. The molecule has 2 aromatic heterocycles. The van der Waals surface area contributed by atoms with Gasteiger partial charge in [0.2, 0.25) is 0 Å². The lowest BCUT2D eigenvalue weighted by molar-refractivity contribution is 0.630. The van der Waals surface area contributed by atoms with Crippen LogP contribution in [0.1, 0.15) is 27.8 Å². The molecule has 10 aromatic carbocycles. The fourth-order valence-electron chi connectivity index (χ4n) is 10.4. The summed E-state index contributed by atoms with van der Waals surface area (Å²) < 4.78 is 21.4. The van der Waals surface area contributed by atoms with E-state index in [2.05, 4.69) is 68.6 Å². The minimum absolute atomic E-state index is 0.144. The van der Waals surface area contributed by atoms with Crippen molar-refractivity contribution in [3.63, 3.8) is 0 Å². The minimum Gasteiger partial charge on any atom is -0.308 e. The molecule has 12 aromatic rings. The van der Waals surface area contributed by atoms with Crippen molar-refractivity contribution in [1.82, 2.24) is 9.13 Å². The Bertz CT molecular complexity index is 4220. The molecule has 9 heteroatoms. The van der Waals surface area contributed by atoms with Gasteiger partial charge in [-0.1, -0.05) is 78.9 Å². The van der Waals surface area contributed by atoms with Crippen molar-refractivity contribution >= 4 is 49.3 Å². The van der Waals surface area contributed by atoms with Gasteiger partial charge < -0.3 is 9.13 Å². The highest BCUT2D eigenvalue weighted by atomic mass is 19.1. The predicted molar refractivity (Wildman–Crippen MR) is 292 cm³/mol. The van der Waals surface area contributed by atoms with E-state index in [-0.39, 0.29) is 11.1 Å². The van der Waals surface area contributed by atoms with Gasteiger partial charge in [0.15, 0.2) is 5.69 Å². The number of hydrogen-bond donors (Lipinski definition) is 0. The molecule has 0 saturated carbocycles. The molecule has 344 valence electrons. The summed E-state index contributed by atoms with van der Waals surface area (Å²) in [6.45, 7) is 7.73. The fourth-order valence-corrected chi connectivity index (χ4v) is 10.4. The van der Waals surface area contributed by atoms with E-state index in [0.29, 0.717) is 44.9 Å². The van der Waals surface area contributed by atoms with Crippen LogP contribution in [0, 0.1) is 69.0 Å². The minimum atomic E-state index is -0.635. The van der Waals surface area contributed by atoms with Crippen molar-refractivity contribution < 1.29 is 4.39 Å². The van der Waals surface area contributed by atoms with Crippen molar-refractivity contribution in [3.8, 4) is 97.4 Å². The van der Waals surface area contributed by atoms with E-state index in [1.807, 2.05) is 121 Å². The monoisotopic (exact) mass is 956 g/mol. The van der Waals surface area contributed by atoms with Crippen LogP contribution in [-0.2, 0) is 0 Å². The maximum atomic E-state index is 17.3. The Morgan fingerprint density at radius 2 is 0.693 bits per heavy atom. The SMILES string of the molecule is [C-]#[N+]c1cccc(-c2ccc3c(c2)c2cc(-c4cccc(C#N)c4)ccc2n3-c2cc(C#N)cc(-n3c4ccc(-c5cccc(C#N)c5)cc4c4cc(-c5cccc(C#N)c5)ccc43)c2-c2ccc(C#N)cc2F)c1. The van der Waals surface area contributed by atoms with E-state index in [1.165, 1.54) is 6.07 Å². The molecule has 8 nitrogen and oxygen atoms in total. The van der Waals surface area contributed by atoms with E-state index in [1.54, 1.807) is 48.5 Å². The van der Waals surface area contributed by atoms with Crippen LogP contribution in [0.25, 0.3) is 115 Å².